The highest BCUT2D eigenvalue weighted by atomic mass is 16.2. The molecule has 8 nitrogen and oxygen atoms in total. The lowest BCUT2D eigenvalue weighted by molar-refractivity contribution is 0.138. The summed E-state index contributed by atoms with van der Waals surface area (Å²) in [6.07, 6.45) is 2.33. The Morgan fingerprint density at radius 3 is 2.72 bits per heavy atom. The van der Waals surface area contributed by atoms with Crippen LogP contribution in [-0.4, -0.2) is 52.7 Å². The number of hydrogen-bond acceptors (Lipinski definition) is 3. The summed E-state index contributed by atoms with van der Waals surface area (Å²) < 4.78 is 2.25. The monoisotopic (exact) mass is 342 g/mol. The zero-order chi connectivity index (χ0) is 17.4. The Balaban J connectivity index is 1.36. The summed E-state index contributed by atoms with van der Waals surface area (Å²) >= 11 is 0. The number of carbonyl (C=O) groups excluding carboxylic acids is 2. The molecule has 2 fully saturated rings. The number of nitrogens with one attached hydrogen (secondary N) is 3. The number of imidazole rings is 1. The molecule has 1 saturated heterocycles. The smallest absolute Gasteiger partial charge is 0.317 e. The Morgan fingerprint density at radius 1 is 1.24 bits per heavy atom. The van der Waals surface area contributed by atoms with Gasteiger partial charge in [-0.25, -0.2) is 14.6 Å². The summed E-state index contributed by atoms with van der Waals surface area (Å²) in [5.74, 6) is 0.901. The van der Waals surface area contributed by atoms with Crippen LogP contribution < -0.4 is 16.0 Å². The normalized spacial score (nSPS) is 17.2. The van der Waals surface area contributed by atoms with Crippen LogP contribution in [0.1, 0.15) is 24.7 Å². The van der Waals surface area contributed by atoms with E-state index >= 15 is 0 Å². The standard InChI is InChI=1S/C17H22N6O2/c1-18-16(24)20-11-9-22(10-11)17(25)19-8-15-21-13-4-2-3-5-14(13)23(15)12-6-7-12/h2-5,11-12H,6-10H2,1H3,(H,19,25)(H2,18,20,24). The van der Waals surface area contributed by atoms with Gasteiger partial charge in [-0.15, -0.1) is 0 Å². The van der Waals surface area contributed by atoms with Crippen LogP contribution in [-0.2, 0) is 6.54 Å². The number of urea groups is 2. The summed E-state index contributed by atoms with van der Waals surface area (Å²) in [4.78, 5) is 29.9. The molecule has 2 aliphatic rings. The van der Waals surface area contributed by atoms with Crippen molar-refractivity contribution >= 4 is 23.1 Å². The summed E-state index contributed by atoms with van der Waals surface area (Å²) in [5, 5.41) is 8.24. The van der Waals surface area contributed by atoms with Gasteiger partial charge in [-0.2, -0.15) is 0 Å². The van der Waals surface area contributed by atoms with Crippen molar-refractivity contribution in [2.45, 2.75) is 31.5 Å². The van der Waals surface area contributed by atoms with Crippen molar-refractivity contribution in [1.82, 2.24) is 30.4 Å². The SMILES string of the molecule is CNC(=O)NC1CN(C(=O)NCc2nc3ccccc3n2C2CC2)C1. The molecule has 1 aliphatic heterocycles. The number of carbonyl (C=O) groups is 2. The van der Waals surface area contributed by atoms with Crippen molar-refractivity contribution in [2.24, 2.45) is 0 Å². The van der Waals surface area contributed by atoms with Gasteiger partial charge in [0.05, 0.1) is 23.6 Å². The molecule has 0 atom stereocenters. The van der Waals surface area contributed by atoms with Crippen molar-refractivity contribution in [3.8, 4) is 0 Å². The lowest BCUT2D eigenvalue weighted by Gasteiger charge is -2.39. The molecule has 1 aromatic heterocycles. The number of benzene rings is 1. The first-order valence-corrected chi connectivity index (χ1v) is 8.62. The molecule has 2 aromatic rings. The second-order valence-corrected chi connectivity index (χ2v) is 6.60. The molecule has 3 N–H and O–H groups in total. The lowest BCUT2D eigenvalue weighted by Crippen LogP contribution is -2.63. The van der Waals surface area contributed by atoms with Crippen molar-refractivity contribution in [1.29, 1.82) is 0 Å². The average molecular weight is 342 g/mol. The van der Waals surface area contributed by atoms with Gasteiger partial charge in [0.15, 0.2) is 0 Å². The molecule has 1 saturated carbocycles. The van der Waals surface area contributed by atoms with Crippen LogP contribution in [0, 0.1) is 0 Å². The van der Waals surface area contributed by atoms with Gasteiger partial charge in [-0.05, 0) is 25.0 Å². The van der Waals surface area contributed by atoms with Crippen LogP contribution in [0.4, 0.5) is 9.59 Å². The van der Waals surface area contributed by atoms with Gasteiger partial charge in [0.2, 0.25) is 0 Å². The molecule has 4 amide bonds. The topological polar surface area (TPSA) is 91.3 Å². The number of hydrogen-bond donors (Lipinski definition) is 3. The van der Waals surface area contributed by atoms with E-state index in [1.807, 2.05) is 18.2 Å². The number of para-hydroxylation sites is 2. The molecule has 1 aliphatic carbocycles. The molecule has 132 valence electrons. The number of likely N-dealkylation sites (tertiary alicyclic amines) is 1. The third kappa shape index (κ3) is 3.11. The molecule has 0 radical (unpaired) electrons. The predicted molar refractivity (Wildman–Crippen MR) is 93.2 cm³/mol. The maximum absolute atomic E-state index is 12.3. The van der Waals surface area contributed by atoms with E-state index in [0.717, 1.165) is 16.9 Å². The lowest BCUT2D eigenvalue weighted by atomic mass is 10.1. The largest absolute Gasteiger partial charge is 0.341 e. The molecule has 0 spiro atoms. The highest BCUT2D eigenvalue weighted by Gasteiger charge is 2.32. The van der Waals surface area contributed by atoms with E-state index in [-0.39, 0.29) is 18.1 Å². The third-order valence-electron chi connectivity index (χ3n) is 4.71. The Bertz CT molecular complexity index is 807. The van der Waals surface area contributed by atoms with Gasteiger partial charge in [-0.1, -0.05) is 12.1 Å². The van der Waals surface area contributed by atoms with Gasteiger partial charge >= 0.3 is 12.1 Å². The minimum atomic E-state index is -0.219. The molecule has 25 heavy (non-hydrogen) atoms. The van der Waals surface area contributed by atoms with Gasteiger partial charge in [0, 0.05) is 26.2 Å². The number of fused-ring (bicyclic) bond motifs is 1. The minimum absolute atomic E-state index is 0.0155. The van der Waals surface area contributed by atoms with E-state index in [1.54, 1.807) is 11.9 Å². The van der Waals surface area contributed by atoms with Crippen LogP contribution in [0.5, 0.6) is 0 Å². The Morgan fingerprint density at radius 2 is 2.00 bits per heavy atom. The van der Waals surface area contributed by atoms with Crippen LogP contribution in [0.25, 0.3) is 11.0 Å². The molecule has 0 unspecified atom stereocenters. The van der Waals surface area contributed by atoms with Gasteiger partial charge in [-0.3, -0.25) is 0 Å². The fourth-order valence-electron chi connectivity index (χ4n) is 3.22. The van der Waals surface area contributed by atoms with E-state index in [2.05, 4.69) is 31.6 Å². The first-order chi connectivity index (χ1) is 12.2. The summed E-state index contributed by atoms with van der Waals surface area (Å²) in [7, 11) is 1.57. The Kier molecular flexibility index (Phi) is 3.95. The van der Waals surface area contributed by atoms with E-state index in [9.17, 15) is 9.59 Å². The van der Waals surface area contributed by atoms with Gasteiger partial charge < -0.3 is 25.4 Å². The number of aromatic nitrogens is 2. The maximum atomic E-state index is 12.3. The Labute approximate surface area is 145 Å². The predicted octanol–water partition coefficient (Wildman–Crippen LogP) is 1.19. The molecular formula is C17H22N6O2. The fraction of sp³-hybridized carbons (Fsp3) is 0.471. The average Bonchev–Trinajstić information content (AvgIpc) is 3.35. The van der Waals surface area contributed by atoms with Crippen molar-refractivity contribution in [3.63, 3.8) is 0 Å². The summed E-state index contributed by atoms with van der Waals surface area (Å²) in [6.45, 7) is 1.46. The van der Waals surface area contributed by atoms with E-state index < -0.39 is 0 Å². The van der Waals surface area contributed by atoms with Crippen LogP contribution in [0.15, 0.2) is 24.3 Å². The van der Waals surface area contributed by atoms with E-state index in [1.165, 1.54) is 12.8 Å². The van der Waals surface area contributed by atoms with Crippen molar-refractivity contribution in [2.75, 3.05) is 20.1 Å². The second kappa shape index (κ2) is 6.27. The van der Waals surface area contributed by atoms with Crippen LogP contribution in [0.2, 0.25) is 0 Å². The number of amides is 4. The maximum Gasteiger partial charge on any atom is 0.317 e. The molecule has 8 heteroatoms. The van der Waals surface area contributed by atoms with Crippen LogP contribution in [0.3, 0.4) is 0 Å². The quantitative estimate of drug-likeness (QED) is 0.779. The molecule has 0 bridgehead atoms. The zero-order valence-electron chi connectivity index (χ0n) is 14.2. The van der Waals surface area contributed by atoms with E-state index in [0.29, 0.717) is 25.7 Å². The molecule has 2 heterocycles. The zero-order valence-corrected chi connectivity index (χ0v) is 14.2. The van der Waals surface area contributed by atoms with Gasteiger partial charge in [0.1, 0.15) is 5.82 Å². The number of rotatable bonds is 4. The Hall–Kier alpha value is -2.77. The summed E-state index contributed by atoms with van der Waals surface area (Å²) in [6, 6.07) is 8.26. The molecular weight excluding hydrogens is 320 g/mol. The number of nitrogens with zero attached hydrogens (tertiary/aromatic N) is 3. The first-order valence-electron chi connectivity index (χ1n) is 8.62. The van der Waals surface area contributed by atoms with E-state index in [4.69, 9.17) is 0 Å². The van der Waals surface area contributed by atoms with Crippen molar-refractivity contribution < 1.29 is 9.59 Å². The third-order valence-corrected chi connectivity index (χ3v) is 4.71. The second-order valence-electron chi connectivity index (χ2n) is 6.60. The van der Waals surface area contributed by atoms with Gasteiger partial charge in [0.25, 0.3) is 0 Å². The molecule has 4 rings (SSSR count). The minimum Gasteiger partial charge on any atom is -0.341 e. The van der Waals surface area contributed by atoms with Crippen LogP contribution >= 0.6 is 0 Å². The van der Waals surface area contributed by atoms with Crippen molar-refractivity contribution in [3.05, 3.63) is 30.1 Å². The summed E-state index contributed by atoms with van der Waals surface area (Å²) in [5.41, 5.74) is 2.10. The fourth-order valence-corrected chi connectivity index (χ4v) is 3.22. The first kappa shape index (κ1) is 15.7. The highest BCUT2D eigenvalue weighted by Crippen LogP contribution is 2.38. The highest BCUT2D eigenvalue weighted by molar-refractivity contribution is 5.78. The molecule has 1 aromatic carbocycles.